The van der Waals surface area contributed by atoms with Crippen LogP contribution in [0.25, 0.3) is 0 Å². The van der Waals surface area contributed by atoms with Crippen molar-refractivity contribution in [1.29, 1.82) is 0 Å². The van der Waals surface area contributed by atoms with E-state index in [4.69, 9.17) is 38.6 Å². The van der Waals surface area contributed by atoms with Crippen LogP contribution in [0.2, 0.25) is 0 Å². The van der Waals surface area contributed by atoms with Gasteiger partial charge in [-0.05, 0) is 0 Å². The maximum atomic E-state index is 8.29. The molecule has 0 rings (SSSR count). The molecule has 0 radical (unpaired) electrons. The second-order valence-electron chi connectivity index (χ2n) is 0.315. The van der Waals surface area contributed by atoms with E-state index in [2.05, 4.69) is 0 Å². The smallest absolute Gasteiger partial charge is 1.00 e. The molecule has 0 aromatic carbocycles. The Hall–Kier alpha value is 2.51. The quantitative estimate of drug-likeness (QED) is 0.407. The van der Waals surface area contributed by atoms with E-state index in [9.17, 15) is 0 Å². The van der Waals surface area contributed by atoms with Gasteiger partial charge in [0.25, 0.3) is 0 Å². The first kappa shape index (κ1) is 22.5. The van der Waals surface area contributed by atoms with Crippen molar-refractivity contribution in [1.82, 2.24) is 0 Å². The topological polar surface area (TPSA) is 34.1 Å². The first-order chi connectivity index (χ1) is 3.15. The zero-order chi connectivity index (χ0) is 6.28. The van der Waals surface area contributed by atoms with E-state index < -0.39 is 23.0 Å². The fourth-order valence-electron chi connectivity index (χ4n) is 0. The number of halogens is 4. The minimum atomic E-state index is -1.72. The number of hydrogen-bond donors (Lipinski definition) is 0. The molecular weight excluding hydrogens is 256 g/mol. The van der Waals surface area contributed by atoms with Gasteiger partial charge in [-0.15, -0.1) is 0 Å². The predicted octanol–water partition coefficient (Wildman–Crippen LogP) is -4.97. The van der Waals surface area contributed by atoms with Crippen molar-refractivity contribution >= 4 is 53.1 Å². The number of rotatable bonds is 0. The van der Waals surface area contributed by atoms with Gasteiger partial charge in [0.1, 0.15) is 0 Å². The van der Waals surface area contributed by atoms with Crippen molar-refractivity contribution in [3.8, 4) is 0 Å². The van der Waals surface area contributed by atoms with Crippen LogP contribution in [0.15, 0.2) is 0 Å². The zero-order valence-corrected chi connectivity index (χ0v) is 11.3. The summed E-state index contributed by atoms with van der Waals surface area (Å²) in [6.07, 6.45) is 0. The van der Waals surface area contributed by atoms with Crippen molar-refractivity contribution in [3.05, 3.63) is 0 Å². The summed E-state index contributed by atoms with van der Waals surface area (Å²) >= 11 is -2.47. The van der Waals surface area contributed by atoms with Crippen molar-refractivity contribution in [2.24, 2.45) is 0 Å². The Labute approximate surface area is 102 Å². The first-order valence-electron chi connectivity index (χ1n) is 0.988. The van der Waals surface area contributed by atoms with Gasteiger partial charge in [-0.1, -0.05) is 0 Å². The summed E-state index contributed by atoms with van der Waals surface area (Å²) in [4.78, 5) is 0. The molecule has 0 aliphatic heterocycles. The van der Waals surface area contributed by atoms with E-state index in [0.29, 0.717) is 0 Å². The van der Waals surface area contributed by atoms with Crippen LogP contribution in [-0.2, 0) is 11.6 Å². The van der Waals surface area contributed by atoms with E-state index in [1.54, 1.807) is 0 Å². The molecular formula is AlCl4NaO2S. The summed E-state index contributed by atoms with van der Waals surface area (Å²) in [6, 6.07) is 0. The molecule has 0 amide bonds. The Kier molecular flexibility index (Phi) is 56.2. The Morgan fingerprint density at radius 3 is 1.11 bits per heavy atom. The third kappa shape index (κ3) is 121. The predicted molar refractivity (Wildman–Crippen MR) is 32.2 cm³/mol. The summed E-state index contributed by atoms with van der Waals surface area (Å²) in [5, 5.41) is 0. The fraction of sp³-hybridized carbons (Fsp3) is 0. The van der Waals surface area contributed by atoms with Gasteiger partial charge in [0, 0.05) is 0 Å². The van der Waals surface area contributed by atoms with Gasteiger partial charge in [-0.25, -0.2) is 30.1 Å². The molecule has 2 nitrogen and oxygen atoms in total. The fourth-order valence-corrected chi connectivity index (χ4v) is 0. The van der Waals surface area contributed by atoms with Gasteiger partial charge in [0.2, 0.25) is 0 Å². The average molecular weight is 256 g/mol. The minimum Gasteiger partial charge on any atom is -1.00 e. The molecule has 0 saturated carbocycles. The monoisotopic (exact) mass is 254 g/mol. The molecule has 0 saturated heterocycles. The number of hydrogen-bond acceptors (Lipinski definition) is 2. The maximum absolute atomic E-state index is 8.29. The van der Waals surface area contributed by atoms with Gasteiger partial charge in [0.05, 0.1) is 0 Å². The van der Waals surface area contributed by atoms with Gasteiger partial charge in [-0.2, -0.15) is 8.42 Å². The molecule has 50 valence electrons. The van der Waals surface area contributed by atoms with Gasteiger partial charge >= 0.3 is 52.5 Å². The minimum absolute atomic E-state index is 0. The van der Waals surface area contributed by atoms with E-state index in [-0.39, 0.29) is 42.0 Å². The van der Waals surface area contributed by atoms with E-state index in [1.807, 2.05) is 0 Å². The maximum Gasteiger partial charge on any atom is 1.00 e. The van der Waals surface area contributed by atoms with Crippen LogP contribution in [-0.4, -0.2) is 19.8 Å². The molecule has 0 spiro atoms. The van der Waals surface area contributed by atoms with E-state index in [0.717, 1.165) is 0 Å². The van der Waals surface area contributed by atoms with E-state index in [1.165, 1.54) is 0 Å². The first-order valence-corrected chi connectivity index (χ1v) is 6.89. The Balaban J connectivity index is -0.0000000233. The molecule has 9 heteroatoms. The molecule has 0 aliphatic rings. The summed E-state index contributed by atoms with van der Waals surface area (Å²) in [7, 11) is 14.8. The molecule has 0 heterocycles. The van der Waals surface area contributed by atoms with Crippen LogP contribution in [0.5, 0.6) is 0 Å². The van der Waals surface area contributed by atoms with Crippen LogP contribution < -0.4 is 42.0 Å². The average Bonchev–Trinajstić information content (AvgIpc) is 1.33. The molecule has 0 aromatic heterocycles. The zero-order valence-electron chi connectivity index (χ0n) is 4.31. The molecule has 0 unspecified atom stereocenters. The summed E-state index contributed by atoms with van der Waals surface area (Å²) in [5.41, 5.74) is 0. The summed E-state index contributed by atoms with van der Waals surface area (Å²) in [6.45, 7) is 0. The third-order valence-corrected chi connectivity index (χ3v) is 0. The third-order valence-electron chi connectivity index (χ3n) is 0. The normalized spacial score (nSPS) is 4.33. The van der Waals surface area contributed by atoms with Crippen molar-refractivity contribution in [2.45, 2.75) is 0 Å². The van der Waals surface area contributed by atoms with Crippen molar-refractivity contribution in [3.63, 3.8) is 0 Å². The second-order valence-corrected chi connectivity index (χ2v) is 6.88. The van der Waals surface area contributed by atoms with E-state index >= 15 is 0 Å². The van der Waals surface area contributed by atoms with Crippen LogP contribution in [0, 0.1) is 0 Å². The van der Waals surface area contributed by atoms with Crippen LogP contribution in [0.4, 0.5) is 0 Å². The van der Waals surface area contributed by atoms with Gasteiger partial charge in [0.15, 0.2) is 0 Å². The Morgan fingerprint density at radius 1 is 1.11 bits per heavy atom. The Morgan fingerprint density at radius 2 is 1.11 bits per heavy atom. The molecule has 0 atom stereocenters. The molecule has 0 bridgehead atoms. The van der Waals surface area contributed by atoms with Crippen molar-refractivity contribution in [2.75, 3.05) is 0 Å². The largest absolute Gasteiger partial charge is 1.00 e. The van der Waals surface area contributed by atoms with Gasteiger partial charge in [-0.3, -0.25) is 0 Å². The molecule has 9 heavy (non-hydrogen) atoms. The Bertz CT molecular complexity index is 60.8. The van der Waals surface area contributed by atoms with Crippen molar-refractivity contribution < 1.29 is 50.4 Å². The SMILES string of the molecule is O=S=O.[Cl-].[Cl][Al]([Cl])[Cl].[Na+]. The van der Waals surface area contributed by atoms with Crippen LogP contribution >= 0.6 is 30.1 Å². The molecule has 0 aliphatic carbocycles. The molecule has 0 fully saturated rings. The van der Waals surface area contributed by atoms with Crippen LogP contribution in [0.1, 0.15) is 0 Å². The van der Waals surface area contributed by atoms with Gasteiger partial charge < -0.3 is 12.4 Å². The second kappa shape index (κ2) is 22.4. The summed E-state index contributed by atoms with van der Waals surface area (Å²) in [5.74, 6) is 0. The van der Waals surface area contributed by atoms with Crippen LogP contribution in [0.3, 0.4) is 0 Å². The molecule has 0 N–H and O–H groups in total. The molecule has 0 aromatic rings. The standard InChI is InChI=1S/Al.4ClH.Na.O2S/c;;;;;;1-3-2/h;4*1H;;/q+3;;;;;+1;/p-4. The summed E-state index contributed by atoms with van der Waals surface area (Å²) < 4.78 is 16.6.